The van der Waals surface area contributed by atoms with Crippen LogP contribution in [0.2, 0.25) is 0 Å². The largest absolute Gasteiger partial charge is 0.478 e. The van der Waals surface area contributed by atoms with E-state index >= 15 is 0 Å². The van der Waals surface area contributed by atoms with Crippen molar-refractivity contribution in [3.8, 4) is 22.3 Å². The van der Waals surface area contributed by atoms with Crippen molar-refractivity contribution in [1.82, 2.24) is 5.32 Å². The molecule has 4 aromatic rings. The van der Waals surface area contributed by atoms with Crippen molar-refractivity contribution in [2.24, 2.45) is 5.73 Å². The molecular weight excluding hydrogens is 516 g/mol. The maximum absolute atomic E-state index is 12.5. The molecule has 0 spiro atoms. The van der Waals surface area contributed by atoms with Crippen LogP contribution in [0.4, 0.5) is 0 Å². The van der Waals surface area contributed by atoms with E-state index in [4.69, 9.17) is 5.73 Å². The summed E-state index contributed by atoms with van der Waals surface area (Å²) in [6.45, 7) is 0.340. The molecule has 0 heterocycles. The van der Waals surface area contributed by atoms with Crippen molar-refractivity contribution < 1.29 is 24.6 Å². The first-order valence-corrected chi connectivity index (χ1v) is 12.2. The third kappa shape index (κ3) is 7.10. The van der Waals surface area contributed by atoms with Crippen LogP contribution in [0.1, 0.15) is 31.8 Å². The molecule has 39 heavy (non-hydrogen) atoms. The Morgan fingerprint density at radius 1 is 0.667 bits per heavy atom. The fourth-order valence-corrected chi connectivity index (χ4v) is 4.44. The first kappa shape index (κ1) is 29.1. The van der Waals surface area contributed by atoms with Gasteiger partial charge in [0.15, 0.2) is 0 Å². The van der Waals surface area contributed by atoms with E-state index in [2.05, 4.69) is 5.32 Å². The lowest BCUT2D eigenvalue weighted by Gasteiger charge is -2.17. The van der Waals surface area contributed by atoms with Gasteiger partial charge in [0.1, 0.15) is 0 Å². The maximum Gasteiger partial charge on any atom is 0.336 e. The number of rotatable bonds is 10. The van der Waals surface area contributed by atoms with Gasteiger partial charge in [-0.25, -0.2) is 9.59 Å². The lowest BCUT2D eigenvalue weighted by molar-refractivity contribution is -0.122. The van der Waals surface area contributed by atoms with Crippen LogP contribution in [0.25, 0.3) is 22.3 Å². The molecule has 0 aromatic heterocycles. The summed E-state index contributed by atoms with van der Waals surface area (Å²) in [7, 11) is 0. The summed E-state index contributed by atoms with van der Waals surface area (Å²) in [5, 5.41) is 22.4. The van der Waals surface area contributed by atoms with E-state index in [1.165, 1.54) is 12.1 Å². The van der Waals surface area contributed by atoms with Crippen LogP contribution in [0.3, 0.4) is 0 Å². The molecule has 0 radical (unpaired) electrons. The van der Waals surface area contributed by atoms with Gasteiger partial charge in [-0.3, -0.25) is 4.79 Å². The van der Waals surface area contributed by atoms with Gasteiger partial charge in [0.05, 0.1) is 17.2 Å². The fourth-order valence-electron chi connectivity index (χ4n) is 4.44. The molecule has 4 aromatic carbocycles. The van der Waals surface area contributed by atoms with Gasteiger partial charge in [0.25, 0.3) is 0 Å². The summed E-state index contributed by atoms with van der Waals surface area (Å²) in [6.07, 6.45) is 0.910. The number of nitrogens with one attached hydrogen (secondary N) is 1. The van der Waals surface area contributed by atoms with Crippen molar-refractivity contribution in [2.75, 3.05) is 6.54 Å². The zero-order valence-electron chi connectivity index (χ0n) is 21.0. The number of aromatic carboxylic acids is 2. The van der Waals surface area contributed by atoms with Crippen molar-refractivity contribution in [2.45, 2.75) is 18.9 Å². The summed E-state index contributed by atoms with van der Waals surface area (Å²) in [5.41, 5.74) is 10.3. The van der Waals surface area contributed by atoms with E-state index in [0.717, 1.165) is 11.1 Å². The number of halogens is 1. The summed E-state index contributed by atoms with van der Waals surface area (Å²) < 4.78 is 0. The Morgan fingerprint density at radius 2 is 1.21 bits per heavy atom. The van der Waals surface area contributed by atoms with Gasteiger partial charge in [-0.15, -0.1) is 12.4 Å². The molecule has 200 valence electrons. The van der Waals surface area contributed by atoms with E-state index in [1.807, 2.05) is 42.5 Å². The second-order valence-corrected chi connectivity index (χ2v) is 8.92. The topological polar surface area (TPSA) is 130 Å². The summed E-state index contributed by atoms with van der Waals surface area (Å²) in [4.78, 5) is 36.4. The van der Waals surface area contributed by atoms with E-state index in [0.29, 0.717) is 41.6 Å². The highest BCUT2D eigenvalue weighted by Crippen LogP contribution is 2.36. The normalized spacial score (nSPS) is 11.2. The van der Waals surface area contributed by atoms with Crippen LogP contribution in [-0.4, -0.2) is 40.6 Å². The maximum atomic E-state index is 12.5. The fraction of sp³-hybridized carbons (Fsp3) is 0.129. The molecule has 0 saturated carbocycles. The Morgan fingerprint density at radius 3 is 1.79 bits per heavy atom. The Labute approximate surface area is 232 Å². The van der Waals surface area contributed by atoms with Gasteiger partial charge in [-0.1, -0.05) is 84.9 Å². The number of carboxylic acids is 2. The number of carbonyl (C=O) groups is 3. The summed E-state index contributed by atoms with van der Waals surface area (Å²) in [5.74, 6) is -2.41. The van der Waals surface area contributed by atoms with Crippen molar-refractivity contribution in [3.63, 3.8) is 0 Å². The minimum absolute atomic E-state index is 0. The number of nitrogens with two attached hydrogens (primary N) is 1. The van der Waals surface area contributed by atoms with Crippen molar-refractivity contribution in [1.29, 1.82) is 0 Å². The predicted molar refractivity (Wildman–Crippen MR) is 153 cm³/mol. The molecule has 1 unspecified atom stereocenters. The number of amides is 1. The molecule has 0 bridgehead atoms. The molecule has 0 saturated heterocycles. The third-order valence-electron chi connectivity index (χ3n) is 6.33. The second kappa shape index (κ2) is 13.4. The second-order valence-electron chi connectivity index (χ2n) is 8.92. The average Bonchev–Trinajstić information content (AvgIpc) is 2.93. The number of hydrogen-bond acceptors (Lipinski definition) is 4. The van der Waals surface area contributed by atoms with Gasteiger partial charge in [-0.2, -0.15) is 0 Å². The molecule has 5 N–H and O–H groups in total. The molecule has 0 aliphatic heterocycles. The predicted octanol–water partition coefficient (Wildman–Crippen LogP) is 5.07. The Kier molecular flexibility index (Phi) is 9.98. The van der Waals surface area contributed by atoms with Gasteiger partial charge in [-0.05, 0) is 58.4 Å². The van der Waals surface area contributed by atoms with Crippen molar-refractivity contribution >= 4 is 30.3 Å². The lowest BCUT2D eigenvalue weighted by atomic mass is 9.88. The average molecular weight is 545 g/mol. The summed E-state index contributed by atoms with van der Waals surface area (Å²) >= 11 is 0. The first-order chi connectivity index (χ1) is 18.3. The summed E-state index contributed by atoms with van der Waals surface area (Å²) in [6, 6.07) is 27.6. The van der Waals surface area contributed by atoms with Crippen molar-refractivity contribution in [3.05, 3.63) is 119 Å². The zero-order valence-corrected chi connectivity index (χ0v) is 21.9. The van der Waals surface area contributed by atoms with E-state index in [9.17, 15) is 24.6 Å². The minimum atomic E-state index is -1.08. The number of hydrogen-bond donors (Lipinski definition) is 4. The monoisotopic (exact) mass is 544 g/mol. The molecule has 0 fully saturated rings. The lowest BCUT2D eigenvalue weighted by Crippen LogP contribution is -2.42. The van der Waals surface area contributed by atoms with Gasteiger partial charge >= 0.3 is 11.9 Å². The minimum Gasteiger partial charge on any atom is -0.478 e. The molecule has 0 aliphatic rings. The van der Waals surface area contributed by atoms with Gasteiger partial charge in [0.2, 0.25) is 5.91 Å². The molecule has 0 aliphatic carbocycles. The van der Waals surface area contributed by atoms with Crippen LogP contribution in [-0.2, 0) is 17.6 Å². The number of carbonyl (C=O) groups excluding carboxylic acids is 1. The highest BCUT2D eigenvalue weighted by molar-refractivity contribution is 6.02. The SMILES string of the molecule is Cl.NC(Cc1ccccc1)C(=O)NCCc1ccc(-c2ccccc2C(=O)O)c(-c2ccccc2C(=O)O)c1. The Balaban J connectivity index is 0.00000420. The van der Waals surface area contributed by atoms with Crippen LogP contribution < -0.4 is 11.1 Å². The molecule has 1 amide bonds. The van der Waals surface area contributed by atoms with E-state index in [1.54, 1.807) is 42.5 Å². The molecular formula is C31H29ClN2O5. The molecule has 1 atom stereocenters. The third-order valence-corrected chi connectivity index (χ3v) is 6.33. The highest BCUT2D eigenvalue weighted by atomic mass is 35.5. The molecule has 8 heteroatoms. The van der Waals surface area contributed by atoms with Crippen LogP contribution in [0.5, 0.6) is 0 Å². The molecule has 7 nitrogen and oxygen atoms in total. The Hall–Kier alpha value is -4.46. The number of benzene rings is 4. The van der Waals surface area contributed by atoms with Gasteiger partial charge in [0, 0.05) is 6.54 Å². The van der Waals surface area contributed by atoms with Crippen LogP contribution in [0.15, 0.2) is 97.1 Å². The number of carboxylic acid groups (broad SMARTS) is 2. The quantitative estimate of drug-likeness (QED) is 0.221. The van der Waals surface area contributed by atoms with Crippen LogP contribution >= 0.6 is 12.4 Å². The van der Waals surface area contributed by atoms with Crippen LogP contribution in [0, 0.1) is 0 Å². The first-order valence-electron chi connectivity index (χ1n) is 12.2. The Bertz CT molecular complexity index is 1470. The molecule has 4 rings (SSSR count). The standard InChI is InChI=1S/C31H28N2O5.ClH/c32-28(19-20-8-2-1-3-9-20)29(34)33-17-16-21-14-15-24(22-10-4-6-12-25(22)30(35)36)27(18-21)23-11-5-7-13-26(23)31(37)38;/h1-15,18,28H,16-17,19,32H2,(H,33,34)(H,35,36)(H,37,38);1H. The highest BCUT2D eigenvalue weighted by Gasteiger charge is 2.19. The zero-order chi connectivity index (χ0) is 27.1. The smallest absolute Gasteiger partial charge is 0.336 e. The van der Waals surface area contributed by atoms with E-state index < -0.39 is 18.0 Å². The van der Waals surface area contributed by atoms with E-state index in [-0.39, 0.29) is 29.4 Å². The van der Waals surface area contributed by atoms with Gasteiger partial charge < -0.3 is 21.3 Å².